The first-order valence-corrected chi connectivity index (χ1v) is 9.02. The first kappa shape index (κ1) is 17.4. The van der Waals surface area contributed by atoms with Crippen molar-refractivity contribution in [1.82, 2.24) is 10.6 Å². The van der Waals surface area contributed by atoms with Crippen molar-refractivity contribution < 1.29 is 19.1 Å². The van der Waals surface area contributed by atoms with E-state index in [1.165, 1.54) is 6.07 Å². The van der Waals surface area contributed by atoms with Gasteiger partial charge in [-0.3, -0.25) is 20.2 Å². The monoisotopic (exact) mass is 442 g/mol. The second-order valence-corrected chi connectivity index (χ2v) is 7.15. The van der Waals surface area contributed by atoms with Gasteiger partial charge in [-0.15, -0.1) is 0 Å². The molecule has 0 aliphatic carbocycles. The van der Waals surface area contributed by atoms with Gasteiger partial charge in [0.15, 0.2) is 5.11 Å². The number of carbonyl (C=O) groups is 2. The molecular formula is C19H11BrN2O4S. The number of aromatic hydroxyl groups is 1. The van der Waals surface area contributed by atoms with Gasteiger partial charge in [0.25, 0.3) is 11.8 Å². The minimum Gasteiger partial charge on any atom is -0.508 e. The van der Waals surface area contributed by atoms with Crippen molar-refractivity contribution in [2.24, 2.45) is 0 Å². The molecule has 4 rings (SSSR count). The quantitative estimate of drug-likeness (QED) is 0.322. The molecule has 1 fully saturated rings. The van der Waals surface area contributed by atoms with E-state index >= 15 is 0 Å². The Labute approximate surface area is 167 Å². The Balaban J connectivity index is 1.99. The molecule has 0 bridgehead atoms. The molecule has 8 heteroatoms. The number of carbonyl (C=O) groups excluding carboxylic acids is 2. The fourth-order valence-corrected chi connectivity index (χ4v) is 3.32. The van der Waals surface area contributed by atoms with E-state index in [0.717, 1.165) is 4.47 Å². The number of hydrogen-bond donors (Lipinski definition) is 3. The van der Waals surface area contributed by atoms with Gasteiger partial charge in [0.05, 0.1) is 0 Å². The summed E-state index contributed by atoms with van der Waals surface area (Å²) in [6.45, 7) is 0. The number of amides is 2. The third-order valence-electron chi connectivity index (χ3n) is 4.04. The second-order valence-electron chi connectivity index (χ2n) is 5.83. The lowest BCUT2D eigenvalue weighted by Crippen LogP contribution is -2.51. The molecule has 0 spiro atoms. The number of benzene rings is 2. The summed E-state index contributed by atoms with van der Waals surface area (Å²) in [6.07, 6.45) is 0. The second kappa shape index (κ2) is 6.64. The summed E-state index contributed by atoms with van der Waals surface area (Å²) < 4.78 is 6.72. The number of phenols is 1. The predicted molar refractivity (Wildman–Crippen MR) is 107 cm³/mol. The van der Waals surface area contributed by atoms with E-state index in [9.17, 15) is 14.7 Å². The Hall–Kier alpha value is -2.97. The molecule has 1 saturated heterocycles. The van der Waals surface area contributed by atoms with E-state index < -0.39 is 11.8 Å². The van der Waals surface area contributed by atoms with Crippen LogP contribution in [0.25, 0.3) is 16.5 Å². The molecule has 27 heavy (non-hydrogen) atoms. The van der Waals surface area contributed by atoms with Gasteiger partial charge in [0, 0.05) is 15.4 Å². The maximum absolute atomic E-state index is 12.5. The van der Waals surface area contributed by atoms with E-state index in [-0.39, 0.29) is 16.4 Å². The molecule has 134 valence electrons. The van der Waals surface area contributed by atoms with Crippen LogP contribution in [0.1, 0.15) is 11.3 Å². The van der Waals surface area contributed by atoms with Gasteiger partial charge in [-0.25, -0.2) is 0 Å². The molecule has 0 saturated carbocycles. The van der Waals surface area contributed by atoms with Gasteiger partial charge in [-0.1, -0.05) is 28.1 Å². The number of rotatable bonds is 2. The third kappa shape index (κ3) is 3.24. The topological polar surface area (TPSA) is 91.6 Å². The Morgan fingerprint density at radius 3 is 2.33 bits per heavy atom. The van der Waals surface area contributed by atoms with Crippen LogP contribution in [0.4, 0.5) is 0 Å². The number of fused-ring (bicyclic) bond motifs is 1. The van der Waals surface area contributed by atoms with Crippen molar-refractivity contribution >= 4 is 61.6 Å². The average Bonchev–Trinajstić information content (AvgIpc) is 3.01. The molecule has 1 aromatic heterocycles. The smallest absolute Gasteiger partial charge is 0.263 e. The van der Waals surface area contributed by atoms with Crippen molar-refractivity contribution in [2.75, 3.05) is 0 Å². The molecule has 2 aromatic carbocycles. The highest BCUT2D eigenvalue weighted by Gasteiger charge is 2.31. The fourth-order valence-electron chi connectivity index (χ4n) is 2.87. The van der Waals surface area contributed by atoms with Crippen LogP contribution in [0, 0.1) is 0 Å². The van der Waals surface area contributed by atoms with Gasteiger partial charge in [0.1, 0.15) is 22.7 Å². The molecule has 0 unspecified atom stereocenters. The first-order valence-electron chi connectivity index (χ1n) is 7.82. The molecule has 6 nitrogen and oxygen atoms in total. The van der Waals surface area contributed by atoms with Gasteiger partial charge in [0.2, 0.25) is 0 Å². The summed E-state index contributed by atoms with van der Waals surface area (Å²) >= 11 is 8.24. The van der Waals surface area contributed by atoms with E-state index in [1.54, 1.807) is 42.5 Å². The highest BCUT2D eigenvalue weighted by molar-refractivity contribution is 9.10. The average molecular weight is 443 g/mol. The summed E-state index contributed by atoms with van der Waals surface area (Å²) in [5, 5.41) is 15.2. The zero-order chi connectivity index (χ0) is 19.1. The first-order chi connectivity index (χ1) is 12.9. The molecule has 2 amide bonds. The maximum Gasteiger partial charge on any atom is 0.263 e. The van der Waals surface area contributed by atoms with Gasteiger partial charge in [-0.2, -0.15) is 0 Å². The third-order valence-corrected chi connectivity index (χ3v) is 4.77. The van der Waals surface area contributed by atoms with Crippen LogP contribution in [0.5, 0.6) is 5.75 Å². The summed E-state index contributed by atoms with van der Waals surface area (Å²) in [4.78, 5) is 25.1. The number of phenolic OH excluding ortho intramolecular Hbond substituents is 1. The molecule has 2 heterocycles. The molecule has 3 N–H and O–H groups in total. The zero-order valence-electron chi connectivity index (χ0n) is 13.6. The normalized spacial score (nSPS) is 14.3. The van der Waals surface area contributed by atoms with Gasteiger partial charge in [-0.05, 0) is 54.2 Å². The lowest BCUT2D eigenvalue weighted by molar-refractivity contribution is -0.123. The molecule has 1 aliphatic rings. The predicted octanol–water partition coefficient (Wildman–Crippen LogP) is 3.23. The fraction of sp³-hybridized carbons (Fsp3) is 0. The molecule has 1 aliphatic heterocycles. The highest BCUT2D eigenvalue weighted by atomic mass is 79.9. The summed E-state index contributed by atoms with van der Waals surface area (Å²) in [5.74, 6) is -0.799. The van der Waals surface area contributed by atoms with Crippen molar-refractivity contribution in [3.63, 3.8) is 0 Å². The minimum atomic E-state index is -0.607. The number of furan rings is 1. The van der Waals surface area contributed by atoms with Crippen LogP contribution in [0.3, 0.4) is 0 Å². The van der Waals surface area contributed by atoms with Crippen LogP contribution in [-0.2, 0) is 9.59 Å². The minimum absolute atomic E-state index is 0.0431. The van der Waals surface area contributed by atoms with Crippen molar-refractivity contribution in [3.8, 4) is 5.75 Å². The van der Waals surface area contributed by atoms with E-state index in [1.807, 2.05) is 0 Å². The van der Waals surface area contributed by atoms with Gasteiger partial charge < -0.3 is 9.52 Å². The standard InChI is InChI=1S/C19H11BrN2O4S/c20-11-3-1-9(2-4-11)15(16-17(24)21-19(27)22-18(16)25)14-8-10-7-12(23)5-6-13(10)26-14/h1-8,23H,(H2,21,22,24,25,27). The molecule has 0 radical (unpaired) electrons. The van der Waals surface area contributed by atoms with Crippen molar-refractivity contribution in [2.45, 2.75) is 0 Å². The Morgan fingerprint density at radius 1 is 1.00 bits per heavy atom. The maximum atomic E-state index is 12.5. The molecule has 0 atom stereocenters. The van der Waals surface area contributed by atoms with E-state index in [4.69, 9.17) is 16.6 Å². The largest absolute Gasteiger partial charge is 0.508 e. The van der Waals surface area contributed by atoms with Crippen molar-refractivity contribution in [3.05, 3.63) is 69.9 Å². The summed E-state index contributed by atoms with van der Waals surface area (Å²) in [6, 6.07) is 13.5. The van der Waals surface area contributed by atoms with Gasteiger partial charge >= 0.3 is 0 Å². The lowest BCUT2D eigenvalue weighted by atomic mass is 9.95. The summed E-state index contributed by atoms with van der Waals surface area (Å²) in [5.41, 5.74) is 1.37. The zero-order valence-corrected chi connectivity index (χ0v) is 16.0. The van der Waals surface area contributed by atoms with Crippen LogP contribution in [0.15, 0.2) is 63.0 Å². The van der Waals surface area contributed by atoms with Crippen LogP contribution in [-0.4, -0.2) is 22.0 Å². The van der Waals surface area contributed by atoms with E-state index in [2.05, 4.69) is 26.6 Å². The Bertz CT molecular complexity index is 1130. The Kier molecular flexibility index (Phi) is 4.29. The van der Waals surface area contributed by atoms with E-state index in [0.29, 0.717) is 27.9 Å². The Morgan fingerprint density at radius 2 is 1.67 bits per heavy atom. The van der Waals surface area contributed by atoms with Crippen molar-refractivity contribution in [1.29, 1.82) is 0 Å². The number of halogens is 1. The number of hydrogen-bond acceptors (Lipinski definition) is 5. The van der Waals surface area contributed by atoms with Crippen LogP contribution in [0.2, 0.25) is 0 Å². The number of thiocarbonyl (C=S) groups is 1. The molecule has 3 aromatic rings. The highest BCUT2D eigenvalue weighted by Crippen LogP contribution is 2.34. The molecular weight excluding hydrogens is 432 g/mol. The number of nitrogens with one attached hydrogen (secondary N) is 2. The van der Waals surface area contributed by atoms with Crippen LogP contribution < -0.4 is 10.6 Å². The van der Waals surface area contributed by atoms with Crippen LogP contribution >= 0.6 is 28.1 Å². The lowest BCUT2D eigenvalue weighted by Gasteiger charge is -2.19. The SMILES string of the molecule is O=C1NC(=S)NC(=O)C1=C(c1ccc(Br)cc1)c1cc2cc(O)ccc2o1. The summed E-state index contributed by atoms with van der Waals surface area (Å²) in [7, 11) is 0.